The van der Waals surface area contributed by atoms with Gasteiger partial charge >= 0.3 is 5.97 Å². The van der Waals surface area contributed by atoms with Crippen LogP contribution in [0.1, 0.15) is 119 Å². The minimum absolute atomic E-state index is 0.0419. The Morgan fingerprint density at radius 1 is 0.955 bits per heavy atom. The summed E-state index contributed by atoms with van der Waals surface area (Å²) < 4.78 is 5.87. The fourth-order valence-electron chi connectivity index (χ4n) is 11.6. The van der Waals surface area contributed by atoms with E-state index in [1.54, 1.807) is 6.20 Å². The third-order valence-electron chi connectivity index (χ3n) is 14.6. The molecule has 44 heavy (non-hydrogen) atoms. The Kier molecular flexibility index (Phi) is 7.15. The Morgan fingerprint density at radius 2 is 1.66 bits per heavy atom. The van der Waals surface area contributed by atoms with Gasteiger partial charge in [-0.05, 0) is 116 Å². The summed E-state index contributed by atoms with van der Waals surface area (Å²) >= 11 is 0. The normalized spacial score (nSPS) is 44.2. The number of nitrogens with zero attached hydrogens (tertiary/aromatic N) is 1. The lowest BCUT2D eigenvalue weighted by molar-refractivity contribution is -0.210. The van der Waals surface area contributed by atoms with Crippen molar-refractivity contribution in [2.24, 2.45) is 50.2 Å². The van der Waals surface area contributed by atoms with Crippen LogP contribution in [0.15, 0.2) is 30.0 Å². The summed E-state index contributed by atoms with van der Waals surface area (Å²) in [7, 11) is 0. The van der Waals surface area contributed by atoms with Crippen molar-refractivity contribution in [2.75, 3.05) is 5.32 Å². The van der Waals surface area contributed by atoms with Gasteiger partial charge in [-0.2, -0.15) is 0 Å². The summed E-state index contributed by atoms with van der Waals surface area (Å²) in [5.41, 5.74) is 1.22. The maximum Gasteiger partial charge on any atom is 0.302 e. The molecule has 1 amide bonds. The van der Waals surface area contributed by atoms with Crippen LogP contribution in [0.4, 0.5) is 5.82 Å². The second-order valence-corrected chi connectivity index (χ2v) is 17.3. The fourth-order valence-corrected chi connectivity index (χ4v) is 11.6. The van der Waals surface area contributed by atoms with Crippen LogP contribution in [0.25, 0.3) is 0 Å². The first-order chi connectivity index (χ1) is 20.4. The highest BCUT2D eigenvalue weighted by atomic mass is 16.5. The molecule has 0 aliphatic heterocycles. The van der Waals surface area contributed by atoms with E-state index in [2.05, 4.69) is 64.8 Å². The second kappa shape index (κ2) is 10.00. The van der Waals surface area contributed by atoms with E-state index >= 15 is 0 Å². The van der Waals surface area contributed by atoms with E-state index in [0.29, 0.717) is 17.5 Å². The van der Waals surface area contributed by atoms with Gasteiger partial charge in [-0.3, -0.25) is 14.4 Å². The molecule has 0 bridgehead atoms. The lowest BCUT2D eigenvalue weighted by atomic mass is 9.33. The summed E-state index contributed by atoms with van der Waals surface area (Å²) in [5.74, 6) is 1.20. The Morgan fingerprint density at radius 3 is 2.34 bits per heavy atom. The highest BCUT2D eigenvalue weighted by Gasteiger charge is 2.70. The summed E-state index contributed by atoms with van der Waals surface area (Å²) in [6, 6.07) is 3.87. The van der Waals surface area contributed by atoms with Gasteiger partial charge in [-0.15, -0.1) is 0 Å². The highest BCUT2D eigenvalue weighted by Crippen LogP contribution is 2.75. The standard InChI is InChI=1S/C38H54N2O4/c1-23-11-10-20-39-31(23)40-32(43)35(6)17-16-34(5)18-19-37(8)25(26(34)22-35)21-27(42)30-36(7)14-13-29(44-24(2)41)33(3,4)28(36)12-15-38(30,37)9/h10-11,20-21,26,28-30H,12-19,22H2,1-9H3,(H,39,40,43). The molecule has 1 aromatic rings. The topological polar surface area (TPSA) is 85.4 Å². The van der Waals surface area contributed by atoms with Crippen molar-refractivity contribution < 1.29 is 19.1 Å². The van der Waals surface area contributed by atoms with Gasteiger partial charge in [0.2, 0.25) is 5.91 Å². The molecule has 9 atom stereocenters. The molecule has 9 unspecified atom stereocenters. The summed E-state index contributed by atoms with van der Waals surface area (Å²) in [4.78, 5) is 45.0. The number of nitrogens with one attached hydrogen (secondary N) is 1. The predicted molar refractivity (Wildman–Crippen MR) is 173 cm³/mol. The third-order valence-corrected chi connectivity index (χ3v) is 14.6. The Labute approximate surface area is 264 Å². The van der Waals surface area contributed by atoms with Gasteiger partial charge in [-0.1, -0.05) is 60.1 Å². The van der Waals surface area contributed by atoms with E-state index in [1.807, 2.05) is 19.1 Å². The minimum Gasteiger partial charge on any atom is -0.462 e. The Bertz CT molecular complexity index is 1430. The lowest BCUT2D eigenvalue weighted by Gasteiger charge is -2.70. The Balaban J connectivity index is 1.35. The van der Waals surface area contributed by atoms with Gasteiger partial charge in [0, 0.05) is 29.9 Å². The molecular weight excluding hydrogens is 548 g/mol. The molecule has 1 heterocycles. The molecule has 5 aliphatic rings. The van der Waals surface area contributed by atoms with Crippen molar-refractivity contribution in [3.8, 4) is 0 Å². The van der Waals surface area contributed by atoms with E-state index in [-0.39, 0.29) is 56.9 Å². The summed E-state index contributed by atoms with van der Waals surface area (Å²) in [5, 5.41) is 3.16. The van der Waals surface area contributed by atoms with Crippen LogP contribution in [0.3, 0.4) is 0 Å². The van der Waals surface area contributed by atoms with E-state index in [1.165, 1.54) is 12.5 Å². The smallest absolute Gasteiger partial charge is 0.302 e. The number of hydrogen-bond acceptors (Lipinski definition) is 5. The fraction of sp³-hybridized carbons (Fsp3) is 0.737. The van der Waals surface area contributed by atoms with Gasteiger partial charge in [0.1, 0.15) is 11.9 Å². The van der Waals surface area contributed by atoms with Gasteiger partial charge < -0.3 is 10.1 Å². The van der Waals surface area contributed by atoms with Crippen molar-refractivity contribution in [3.05, 3.63) is 35.5 Å². The number of amides is 1. The number of rotatable bonds is 3. The number of hydrogen-bond donors (Lipinski definition) is 1. The first-order valence-electron chi connectivity index (χ1n) is 17.1. The van der Waals surface area contributed by atoms with Crippen molar-refractivity contribution in [3.63, 3.8) is 0 Å². The number of esters is 1. The van der Waals surface area contributed by atoms with Crippen LogP contribution in [0, 0.1) is 57.2 Å². The molecule has 240 valence electrons. The number of allylic oxidation sites excluding steroid dienone is 2. The SMILES string of the molecule is CC(=O)OC1CCC2(C)C(CCC3(C)C2C(=O)C=C2C4CC(C)(C(=O)Nc5ncccc5C)CCC4(C)CCC23C)C1(C)C. The second-order valence-electron chi connectivity index (χ2n) is 17.3. The number of carbonyl (C=O) groups is 3. The van der Waals surface area contributed by atoms with Crippen molar-refractivity contribution in [2.45, 2.75) is 126 Å². The highest BCUT2D eigenvalue weighted by molar-refractivity contribution is 5.96. The average molecular weight is 603 g/mol. The first kappa shape index (κ1) is 31.5. The number of anilines is 1. The average Bonchev–Trinajstić information content (AvgIpc) is 2.93. The Hall–Kier alpha value is -2.50. The maximum atomic E-state index is 14.7. The molecule has 6 nitrogen and oxygen atoms in total. The number of ketones is 1. The molecule has 0 saturated heterocycles. The molecule has 0 radical (unpaired) electrons. The van der Waals surface area contributed by atoms with E-state index in [9.17, 15) is 14.4 Å². The zero-order valence-corrected chi connectivity index (χ0v) is 28.6. The molecule has 0 aromatic carbocycles. The monoisotopic (exact) mass is 602 g/mol. The maximum absolute atomic E-state index is 14.7. The van der Waals surface area contributed by atoms with Crippen LogP contribution in [0.2, 0.25) is 0 Å². The summed E-state index contributed by atoms with van der Waals surface area (Å²) in [6.07, 6.45) is 12.2. The van der Waals surface area contributed by atoms with Crippen LogP contribution in [0.5, 0.6) is 0 Å². The zero-order valence-electron chi connectivity index (χ0n) is 28.6. The van der Waals surface area contributed by atoms with Gasteiger partial charge in [0.25, 0.3) is 0 Å². The molecule has 1 N–H and O–H groups in total. The van der Waals surface area contributed by atoms with E-state index in [0.717, 1.165) is 63.4 Å². The van der Waals surface area contributed by atoms with Gasteiger partial charge in [-0.25, -0.2) is 4.98 Å². The summed E-state index contributed by atoms with van der Waals surface area (Å²) in [6.45, 7) is 19.8. The largest absolute Gasteiger partial charge is 0.462 e. The molecule has 4 fully saturated rings. The van der Waals surface area contributed by atoms with E-state index in [4.69, 9.17) is 4.74 Å². The third kappa shape index (κ3) is 4.31. The molecule has 6 rings (SSSR count). The zero-order chi connectivity index (χ0) is 32.1. The number of pyridine rings is 1. The quantitative estimate of drug-likeness (QED) is 0.352. The molecule has 4 saturated carbocycles. The number of ether oxygens (including phenoxy) is 1. The lowest BCUT2D eigenvalue weighted by Crippen LogP contribution is -2.66. The van der Waals surface area contributed by atoms with Gasteiger partial charge in [0.05, 0.1) is 0 Å². The predicted octanol–water partition coefficient (Wildman–Crippen LogP) is 8.24. The van der Waals surface area contributed by atoms with Crippen molar-refractivity contribution in [1.82, 2.24) is 4.98 Å². The molecule has 1 aromatic heterocycles. The first-order valence-corrected chi connectivity index (χ1v) is 17.1. The van der Waals surface area contributed by atoms with Crippen LogP contribution in [-0.4, -0.2) is 28.7 Å². The van der Waals surface area contributed by atoms with E-state index < -0.39 is 5.41 Å². The number of aromatic nitrogens is 1. The molecule has 5 aliphatic carbocycles. The van der Waals surface area contributed by atoms with Crippen molar-refractivity contribution >= 4 is 23.5 Å². The molecule has 6 heteroatoms. The number of aryl methyl sites for hydroxylation is 1. The van der Waals surface area contributed by atoms with Gasteiger partial charge in [0.15, 0.2) is 5.78 Å². The number of fused-ring (bicyclic) bond motifs is 7. The van der Waals surface area contributed by atoms with Crippen LogP contribution in [-0.2, 0) is 19.1 Å². The molecule has 0 spiro atoms. The van der Waals surface area contributed by atoms with Crippen molar-refractivity contribution in [1.29, 1.82) is 0 Å². The van der Waals surface area contributed by atoms with Crippen LogP contribution < -0.4 is 5.32 Å². The number of carbonyl (C=O) groups excluding carboxylic acids is 3. The molecular formula is C38H54N2O4. The van der Waals surface area contributed by atoms with Crippen LogP contribution >= 0.6 is 0 Å². The minimum atomic E-state index is -0.531.